The molecule has 48 heavy (non-hydrogen) atoms. The zero-order valence-corrected chi connectivity index (χ0v) is 28.6. The number of amides is 3. The second kappa shape index (κ2) is 15.2. The van der Waals surface area contributed by atoms with Gasteiger partial charge in [-0.1, -0.05) is 46.5 Å². The molecule has 5 rings (SSSR count). The predicted molar refractivity (Wildman–Crippen MR) is 181 cm³/mol. The number of rotatable bonds is 7. The minimum Gasteiger partial charge on any atom is -0.453 e. The van der Waals surface area contributed by atoms with E-state index in [1.807, 2.05) is 43.0 Å². The Hall–Kier alpha value is -5.03. The number of aromatic amines is 2. The third-order valence-electron chi connectivity index (χ3n) is 8.72. The number of nitrogens with one attached hydrogen (secondary N) is 3. The Kier molecular flexibility index (Phi) is 10.9. The van der Waals surface area contributed by atoms with E-state index in [-0.39, 0.29) is 29.8 Å². The van der Waals surface area contributed by atoms with Crippen molar-refractivity contribution in [2.75, 3.05) is 20.2 Å². The van der Waals surface area contributed by atoms with Gasteiger partial charge in [0.1, 0.15) is 29.1 Å². The molecule has 11 heteroatoms. The molecule has 2 aliphatic heterocycles. The van der Waals surface area contributed by atoms with E-state index in [9.17, 15) is 14.4 Å². The van der Waals surface area contributed by atoms with E-state index < -0.39 is 12.1 Å². The van der Waals surface area contributed by atoms with Gasteiger partial charge in [0.2, 0.25) is 11.8 Å². The molecule has 0 spiro atoms. The highest BCUT2D eigenvalue weighted by Crippen LogP contribution is 2.35. The molecular weight excluding hydrogens is 606 g/mol. The lowest BCUT2D eigenvalue weighted by atomic mass is 10.0. The Balaban J connectivity index is 1.21. The number of hydrogen-bond acceptors (Lipinski definition) is 6. The van der Waals surface area contributed by atoms with Crippen LogP contribution in [0.5, 0.6) is 0 Å². The number of imidazole rings is 2. The Morgan fingerprint density at radius 1 is 0.917 bits per heavy atom. The van der Waals surface area contributed by atoms with Gasteiger partial charge >= 0.3 is 6.09 Å². The lowest BCUT2D eigenvalue weighted by Gasteiger charge is -2.29. The van der Waals surface area contributed by atoms with Crippen LogP contribution in [0.3, 0.4) is 0 Å². The SMILES string of the molecule is COC(=O)N[C@H](C(=O)N1CCC[C@H]1c1nc(C#Cc2ccc(C#Cc3c[nH]c([C@@H]4CC(C)CN4C(=O)CC(C)C)n3)cc2)c[nH]1)C(C)C. The first-order valence-corrected chi connectivity index (χ1v) is 16.7. The number of methoxy groups -OCH3 is 1. The molecule has 0 radical (unpaired) electrons. The maximum absolute atomic E-state index is 13.4. The van der Waals surface area contributed by atoms with Crippen LogP contribution in [0.25, 0.3) is 0 Å². The fourth-order valence-electron chi connectivity index (χ4n) is 6.29. The molecule has 2 aromatic heterocycles. The quantitative estimate of drug-likeness (QED) is 0.310. The van der Waals surface area contributed by atoms with Crippen LogP contribution >= 0.6 is 0 Å². The largest absolute Gasteiger partial charge is 0.453 e. The van der Waals surface area contributed by atoms with Crippen molar-refractivity contribution in [1.82, 2.24) is 35.1 Å². The Morgan fingerprint density at radius 2 is 1.50 bits per heavy atom. The van der Waals surface area contributed by atoms with Crippen LogP contribution in [-0.4, -0.2) is 73.9 Å². The summed E-state index contributed by atoms with van der Waals surface area (Å²) in [5.41, 5.74) is 2.88. The van der Waals surface area contributed by atoms with Gasteiger partial charge in [-0.25, -0.2) is 14.8 Å². The Labute approximate surface area is 282 Å². The van der Waals surface area contributed by atoms with Gasteiger partial charge in [0.15, 0.2) is 0 Å². The number of aromatic nitrogens is 4. The van der Waals surface area contributed by atoms with Gasteiger partial charge in [0.25, 0.3) is 0 Å². The second-order valence-corrected chi connectivity index (χ2v) is 13.5. The summed E-state index contributed by atoms with van der Waals surface area (Å²) in [6, 6.07) is 6.71. The number of nitrogens with zero attached hydrogens (tertiary/aromatic N) is 4. The molecule has 2 aliphatic rings. The minimum absolute atomic E-state index is 0.0441. The number of hydrogen-bond donors (Lipinski definition) is 3. The summed E-state index contributed by atoms with van der Waals surface area (Å²) in [6.07, 6.45) is 5.97. The van der Waals surface area contributed by atoms with E-state index in [2.05, 4.69) is 64.7 Å². The smallest absolute Gasteiger partial charge is 0.407 e. The van der Waals surface area contributed by atoms with Crippen LogP contribution < -0.4 is 5.32 Å². The summed E-state index contributed by atoms with van der Waals surface area (Å²) < 4.78 is 4.72. The fourth-order valence-corrected chi connectivity index (χ4v) is 6.29. The van der Waals surface area contributed by atoms with E-state index in [0.717, 1.165) is 42.8 Å². The first kappa shape index (κ1) is 34.3. The average Bonchev–Trinajstić information content (AvgIpc) is 3.88. The van der Waals surface area contributed by atoms with Crippen molar-refractivity contribution in [3.05, 3.63) is 70.8 Å². The molecule has 2 saturated heterocycles. The molecule has 4 atom stereocenters. The number of benzene rings is 1. The third-order valence-corrected chi connectivity index (χ3v) is 8.72. The van der Waals surface area contributed by atoms with Gasteiger partial charge in [-0.2, -0.15) is 0 Å². The number of alkyl carbamates (subject to hydrolysis) is 1. The summed E-state index contributed by atoms with van der Waals surface area (Å²) in [6.45, 7) is 11.4. The second-order valence-electron chi connectivity index (χ2n) is 13.5. The Morgan fingerprint density at radius 3 is 2.04 bits per heavy atom. The van der Waals surface area contributed by atoms with Crippen molar-refractivity contribution in [2.24, 2.45) is 17.8 Å². The van der Waals surface area contributed by atoms with Crippen LogP contribution in [0.2, 0.25) is 0 Å². The Bertz CT molecular complexity index is 1730. The zero-order valence-electron chi connectivity index (χ0n) is 28.6. The van der Waals surface area contributed by atoms with Crippen molar-refractivity contribution in [3.63, 3.8) is 0 Å². The summed E-state index contributed by atoms with van der Waals surface area (Å²) in [5.74, 6) is 14.7. The summed E-state index contributed by atoms with van der Waals surface area (Å²) in [7, 11) is 1.28. The van der Waals surface area contributed by atoms with Crippen molar-refractivity contribution >= 4 is 17.9 Å². The summed E-state index contributed by atoms with van der Waals surface area (Å²) in [5, 5.41) is 2.67. The molecule has 4 heterocycles. The molecule has 3 N–H and O–H groups in total. The fraction of sp³-hybridized carbons (Fsp3) is 0.486. The van der Waals surface area contributed by atoms with Crippen LogP contribution in [0.1, 0.15) is 107 Å². The molecule has 1 unspecified atom stereocenters. The van der Waals surface area contributed by atoms with E-state index in [1.165, 1.54) is 7.11 Å². The zero-order chi connectivity index (χ0) is 34.4. The molecule has 3 aromatic rings. The number of carbonyl (C=O) groups is 3. The highest BCUT2D eigenvalue weighted by Gasteiger charge is 2.38. The lowest BCUT2D eigenvalue weighted by Crippen LogP contribution is -2.51. The van der Waals surface area contributed by atoms with Gasteiger partial charge in [0.05, 0.1) is 19.2 Å². The normalized spacial score (nSPS) is 19.5. The van der Waals surface area contributed by atoms with E-state index >= 15 is 0 Å². The van der Waals surface area contributed by atoms with E-state index in [4.69, 9.17) is 9.72 Å². The van der Waals surface area contributed by atoms with Crippen LogP contribution in [0.15, 0.2) is 36.7 Å². The van der Waals surface area contributed by atoms with Crippen molar-refractivity contribution in [2.45, 2.75) is 78.4 Å². The number of H-pyrrole nitrogens is 2. The van der Waals surface area contributed by atoms with Gasteiger partial charge in [-0.05, 0) is 73.1 Å². The standard InChI is InChI=1S/C37H45N7O4/c1-23(2)18-32(45)44-22-25(5)19-31(44)35-39-21-29(41-35)16-14-27-11-9-26(10-12-27)13-15-28-20-38-34(40-28)30-8-7-17-43(30)36(46)33(24(3)4)42-37(47)48-6/h9-12,20-21,23-25,30-31,33H,7-8,17-19,22H2,1-6H3,(H,38,40)(H,39,41)(H,42,47)/t25?,30-,31-,33-/m0/s1. The van der Waals surface area contributed by atoms with Crippen molar-refractivity contribution in [3.8, 4) is 23.7 Å². The molecule has 3 amide bonds. The van der Waals surface area contributed by atoms with Crippen LogP contribution in [-0.2, 0) is 14.3 Å². The maximum Gasteiger partial charge on any atom is 0.407 e. The lowest BCUT2D eigenvalue weighted by molar-refractivity contribution is -0.135. The first-order chi connectivity index (χ1) is 23.0. The molecule has 0 aliphatic carbocycles. The highest BCUT2D eigenvalue weighted by atomic mass is 16.5. The number of carbonyl (C=O) groups excluding carboxylic acids is 3. The van der Waals surface area contributed by atoms with Gasteiger partial charge in [0, 0.05) is 43.0 Å². The number of ether oxygens (including phenoxy) is 1. The maximum atomic E-state index is 13.4. The molecule has 11 nitrogen and oxygen atoms in total. The van der Waals surface area contributed by atoms with Gasteiger partial charge in [-0.15, -0.1) is 0 Å². The van der Waals surface area contributed by atoms with Crippen molar-refractivity contribution in [1.29, 1.82) is 0 Å². The third kappa shape index (κ3) is 8.27. The predicted octanol–water partition coefficient (Wildman–Crippen LogP) is 4.93. The molecule has 0 saturated carbocycles. The molecular formula is C37H45N7O4. The average molecular weight is 652 g/mol. The van der Waals surface area contributed by atoms with Gasteiger partial charge < -0.3 is 29.8 Å². The highest BCUT2D eigenvalue weighted by molar-refractivity contribution is 5.86. The molecule has 252 valence electrons. The first-order valence-electron chi connectivity index (χ1n) is 16.7. The molecule has 1 aromatic carbocycles. The van der Waals surface area contributed by atoms with E-state index in [0.29, 0.717) is 42.0 Å². The summed E-state index contributed by atoms with van der Waals surface area (Å²) in [4.78, 5) is 57.6. The topological polar surface area (TPSA) is 136 Å². The molecule has 0 bridgehead atoms. The number of likely N-dealkylation sites (tertiary alicyclic amines) is 2. The van der Waals surface area contributed by atoms with Crippen LogP contribution in [0, 0.1) is 41.4 Å². The monoisotopic (exact) mass is 651 g/mol. The van der Waals surface area contributed by atoms with Crippen molar-refractivity contribution < 1.29 is 19.1 Å². The van der Waals surface area contributed by atoms with E-state index in [1.54, 1.807) is 17.3 Å². The summed E-state index contributed by atoms with van der Waals surface area (Å²) >= 11 is 0. The van der Waals surface area contributed by atoms with Gasteiger partial charge in [-0.3, -0.25) is 9.59 Å². The van der Waals surface area contributed by atoms with Crippen LogP contribution in [0.4, 0.5) is 4.79 Å². The minimum atomic E-state index is -0.685. The molecule has 2 fully saturated rings.